The number of hydrogen-bond acceptors (Lipinski definition) is 3. The second kappa shape index (κ2) is 5.19. The minimum atomic E-state index is -0.999. The smallest absolute Gasteiger partial charge is 0.254 e. The highest BCUT2D eigenvalue weighted by molar-refractivity contribution is 5.85. The summed E-state index contributed by atoms with van der Waals surface area (Å²) >= 11 is 0. The van der Waals surface area contributed by atoms with Crippen LogP contribution < -0.4 is 0 Å². The molecular weight excluding hydrogens is 254 g/mol. The van der Waals surface area contributed by atoms with Gasteiger partial charge in [0.15, 0.2) is 0 Å². The molecule has 2 rings (SSSR count). The quantitative estimate of drug-likeness (QED) is 0.919. The second-order valence-electron chi connectivity index (χ2n) is 6.41. The summed E-state index contributed by atoms with van der Waals surface area (Å²) in [4.78, 5) is 14.3. The zero-order chi connectivity index (χ0) is 15.0. The van der Waals surface area contributed by atoms with E-state index in [1.807, 2.05) is 30.3 Å². The van der Waals surface area contributed by atoms with Crippen LogP contribution in [0.15, 0.2) is 30.3 Å². The molecule has 1 fully saturated rings. The summed E-state index contributed by atoms with van der Waals surface area (Å²) in [5.74, 6) is -0.0836. The Balaban J connectivity index is 2.29. The average molecular weight is 277 g/mol. The van der Waals surface area contributed by atoms with E-state index in [2.05, 4.69) is 0 Å². The van der Waals surface area contributed by atoms with E-state index in [0.717, 1.165) is 5.56 Å². The van der Waals surface area contributed by atoms with Crippen molar-refractivity contribution in [3.8, 4) is 0 Å². The lowest BCUT2D eigenvalue weighted by atomic mass is 9.92. The van der Waals surface area contributed by atoms with Crippen LogP contribution >= 0.6 is 0 Å². The van der Waals surface area contributed by atoms with Gasteiger partial charge in [0, 0.05) is 6.54 Å². The Morgan fingerprint density at radius 3 is 2.50 bits per heavy atom. The molecule has 1 aliphatic rings. The maximum absolute atomic E-state index is 12.6. The summed E-state index contributed by atoms with van der Waals surface area (Å²) in [7, 11) is 0. The lowest BCUT2D eigenvalue weighted by Crippen LogP contribution is -2.63. The number of nitrogens with zero attached hydrogens (tertiary/aromatic N) is 1. The normalized spacial score (nSPS) is 22.9. The Kier molecular flexibility index (Phi) is 3.89. The summed E-state index contributed by atoms with van der Waals surface area (Å²) in [6.45, 7) is 7.80. The van der Waals surface area contributed by atoms with Gasteiger partial charge in [0.05, 0.1) is 18.2 Å². The molecule has 0 bridgehead atoms. The fourth-order valence-electron chi connectivity index (χ4n) is 2.47. The van der Waals surface area contributed by atoms with E-state index in [1.165, 1.54) is 0 Å². The number of carbonyl (C=O) groups excluding carboxylic acids is 1. The molecule has 4 nitrogen and oxygen atoms in total. The van der Waals surface area contributed by atoms with E-state index in [0.29, 0.717) is 13.2 Å². The van der Waals surface area contributed by atoms with E-state index < -0.39 is 11.2 Å². The molecule has 0 saturated carbocycles. The van der Waals surface area contributed by atoms with Gasteiger partial charge >= 0.3 is 0 Å². The lowest BCUT2D eigenvalue weighted by molar-refractivity contribution is -0.189. The lowest BCUT2D eigenvalue weighted by Gasteiger charge is -2.47. The van der Waals surface area contributed by atoms with Gasteiger partial charge in [-0.1, -0.05) is 30.3 Å². The Morgan fingerprint density at radius 2 is 1.95 bits per heavy atom. The third-order valence-electron chi connectivity index (χ3n) is 3.77. The van der Waals surface area contributed by atoms with Crippen LogP contribution in [-0.4, -0.2) is 39.8 Å². The molecule has 110 valence electrons. The van der Waals surface area contributed by atoms with Crippen LogP contribution in [0.5, 0.6) is 0 Å². The topological polar surface area (TPSA) is 49.8 Å². The maximum Gasteiger partial charge on any atom is 0.254 e. The van der Waals surface area contributed by atoms with Gasteiger partial charge in [-0.3, -0.25) is 4.79 Å². The molecule has 1 amide bonds. The number of carbonyl (C=O) groups is 1. The molecule has 1 atom stereocenters. The predicted octanol–water partition coefficient (Wildman–Crippen LogP) is 1.96. The van der Waals surface area contributed by atoms with Crippen LogP contribution in [0.25, 0.3) is 0 Å². The van der Waals surface area contributed by atoms with Gasteiger partial charge < -0.3 is 14.7 Å². The molecule has 1 heterocycles. The predicted molar refractivity (Wildman–Crippen MR) is 77.1 cm³/mol. The number of benzene rings is 1. The van der Waals surface area contributed by atoms with Crippen molar-refractivity contribution < 1.29 is 14.6 Å². The van der Waals surface area contributed by atoms with Crippen molar-refractivity contribution in [2.24, 2.45) is 0 Å². The highest BCUT2D eigenvalue weighted by atomic mass is 16.5. The number of ether oxygens (including phenoxy) is 1. The largest absolute Gasteiger partial charge is 0.388 e. The average Bonchev–Trinajstić information content (AvgIpc) is 2.35. The highest BCUT2D eigenvalue weighted by Crippen LogP contribution is 2.29. The molecule has 1 saturated heterocycles. The molecule has 4 heteroatoms. The zero-order valence-corrected chi connectivity index (χ0v) is 12.6. The summed E-state index contributed by atoms with van der Waals surface area (Å²) in [6.07, 6.45) is 0. The van der Waals surface area contributed by atoms with Gasteiger partial charge in [-0.05, 0) is 33.3 Å². The van der Waals surface area contributed by atoms with Crippen molar-refractivity contribution in [2.75, 3.05) is 6.61 Å². The number of amides is 1. The van der Waals surface area contributed by atoms with E-state index in [9.17, 15) is 9.90 Å². The number of hydrogen-bond donors (Lipinski definition) is 1. The molecule has 1 aliphatic heterocycles. The van der Waals surface area contributed by atoms with Crippen molar-refractivity contribution in [1.29, 1.82) is 0 Å². The summed E-state index contributed by atoms with van der Waals surface area (Å²) in [5, 5.41) is 10.3. The van der Waals surface area contributed by atoms with E-state index >= 15 is 0 Å². The molecule has 0 aliphatic carbocycles. The minimum Gasteiger partial charge on any atom is -0.388 e. The molecule has 0 aromatic heterocycles. The van der Waals surface area contributed by atoms with Gasteiger partial charge in [0.1, 0.15) is 5.60 Å². The highest BCUT2D eigenvalue weighted by Gasteiger charge is 2.46. The molecule has 1 N–H and O–H groups in total. The first-order valence-electron chi connectivity index (χ1n) is 6.93. The van der Waals surface area contributed by atoms with Gasteiger partial charge in [-0.15, -0.1) is 0 Å². The van der Waals surface area contributed by atoms with Gasteiger partial charge in [-0.2, -0.15) is 0 Å². The van der Waals surface area contributed by atoms with Gasteiger partial charge in [0.2, 0.25) is 0 Å². The van der Waals surface area contributed by atoms with E-state index in [1.54, 1.807) is 32.6 Å². The van der Waals surface area contributed by atoms with Crippen LogP contribution in [0, 0.1) is 0 Å². The van der Waals surface area contributed by atoms with Crippen molar-refractivity contribution in [3.63, 3.8) is 0 Å². The molecule has 0 spiro atoms. The second-order valence-corrected chi connectivity index (χ2v) is 6.41. The Hall–Kier alpha value is -1.39. The first-order valence-corrected chi connectivity index (χ1v) is 6.93. The van der Waals surface area contributed by atoms with Crippen LogP contribution in [0.3, 0.4) is 0 Å². The SMILES string of the molecule is CC1(C)OCC(C(C)(C)O)N(Cc2ccccc2)C1=O. The minimum absolute atomic E-state index is 0.0836. The molecule has 1 aromatic rings. The molecular formula is C16H23NO3. The Labute approximate surface area is 120 Å². The fourth-order valence-corrected chi connectivity index (χ4v) is 2.47. The van der Waals surface area contributed by atoms with Crippen molar-refractivity contribution in [1.82, 2.24) is 4.90 Å². The summed E-state index contributed by atoms with van der Waals surface area (Å²) in [6, 6.07) is 9.47. The molecule has 0 radical (unpaired) electrons. The van der Waals surface area contributed by atoms with Crippen LogP contribution in [0.1, 0.15) is 33.3 Å². The maximum atomic E-state index is 12.6. The zero-order valence-electron chi connectivity index (χ0n) is 12.6. The number of rotatable bonds is 3. The third-order valence-corrected chi connectivity index (χ3v) is 3.77. The van der Waals surface area contributed by atoms with E-state index in [-0.39, 0.29) is 11.9 Å². The summed E-state index contributed by atoms with van der Waals surface area (Å²) in [5.41, 5.74) is -0.787. The van der Waals surface area contributed by atoms with Crippen molar-refractivity contribution >= 4 is 5.91 Å². The molecule has 1 unspecified atom stereocenters. The monoisotopic (exact) mass is 277 g/mol. The van der Waals surface area contributed by atoms with Crippen LogP contribution in [0.4, 0.5) is 0 Å². The van der Waals surface area contributed by atoms with Crippen LogP contribution in [0.2, 0.25) is 0 Å². The molecule has 20 heavy (non-hydrogen) atoms. The van der Waals surface area contributed by atoms with Crippen LogP contribution in [-0.2, 0) is 16.1 Å². The van der Waals surface area contributed by atoms with Gasteiger partial charge in [-0.25, -0.2) is 0 Å². The Morgan fingerprint density at radius 1 is 1.35 bits per heavy atom. The fraction of sp³-hybridized carbons (Fsp3) is 0.562. The van der Waals surface area contributed by atoms with Gasteiger partial charge in [0.25, 0.3) is 5.91 Å². The Bertz CT molecular complexity index is 476. The number of aliphatic hydroxyl groups is 1. The summed E-state index contributed by atoms with van der Waals surface area (Å²) < 4.78 is 5.63. The third kappa shape index (κ3) is 3.02. The van der Waals surface area contributed by atoms with E-state index in [4.69, 9.17) is 4.74 Å². The molecule has 1 aromatic carbocycles. The first-order chi connectivity index (χ1) is 9.22. The van der Waals surface area contributed by atoms with Crippen molar-refractivity contribution in [3.05, 3.63) is 35.9 Å². The van der Waals surface area contributed by atoms with Crippen molar-refractivity contribution in [2.45, 2.75) is 51.5 Å². The first kappa shape index (κ1) is 15.0. The standard InChI is InChI=1S/C16H23NO3/c1-15(2,19)13-11-20-16(3,4)14(18)17(13)10-12-8-6-5-7-9-12/h5-9,13,19H,10-11H2,1-4H3. The number of morpholine rings is 1.